The van der Waals surface area contributed by atoms with Crippen LogP contribution in [0.25, 0.3) is 32.1 Å². The number of nitriles is 6. The van der Waals surface area contributed by atoms with E-state index in [9.17, 15) is 57.9 Å². The zero-order valence-corrected chi connectivity index (χ0v) is 17.8. The molecular formula is C24F6N8. The van der Waals surface area contributed by atoms with Gasteiger partial charge in [0.25, 0.3) is 0 Å². The Morgan fingerprint density at radius 2 is 0.947 bits per heavy atom. The number of benzene rings is 1. The van der Waals surface area contributed by atoms with Crippen molar-refractivity contribution in [3.8, 4) is 36.4 Å². The highest BCUT2D eigenvalue weighted by Gasteiger charge is 2.53. The minimum absolute atomic E-state index is 1.13. The molecule has 2 aliphatic carbocycles. The molecule has 0 spiro atoms. The number of hydrogen-bond acceptors (Lipinski definition) is 6. The summed E-state index contributed by atoms with van der Waals surface area (Å²) in [6.07, 6.45) is -11.3. The van der Waals surface area contributed by atoms with Crippen molar-refractivity contribution in [1.82, 2.24) is 0 Å². The van der Waals surface area contributed by atoms with Crippen LogP contribution in [0.1, 0.15) is 33.4 Å². The van der Waals surface area contributed by atoms with Crippen molar-refractivity contribution in [2.75, 3.05) is 0 Å². The molecule has 1 aromatic carbocycles. The summed E-state index contributed by atoms with van der Waals surface area (Å²) in [6.45, 7) is 14.7. The van der Waals surface area contributed by atoms with E-state index in [1.54, 1.807) is 0 Å². The first-order valence-corrected chi connectivity index (χ1v) is 9.37. The average Bonchev–Trinajstić information content (AvgIpc) is 3.34. The minimum Gasteiger partial charge on any atom is -0.249 e. The monoisotopic (exact) mass is 514 g/mol. The van der Waals surface area contributed by atoms with Crippen molar-refractivity contribution in [3.05, 3.63) is 78.6 Å². The Labute approximate surface area is 208 Å². The number of fused-ring (bicyclic) bond motifs is 2. The quantitative estimate of drug-likeness (QED) is 0.247. The number of rotatable bonds is 0. The summed E-state index contributed by atoms with van der Waals surface area (Å²) < 4.78 is 88.0. The van der Waals surface area contributed by atoms with E-state index in [1.165, 1.54) is 36.4 Å². The molecule has 0 N–H and O–H groups in total. The van der Waals surface area contributed by atoms with Gasteiger partial charge in [-0.1, -0.05) is 0 Å². The molecule has 0 atom stereocenters. The van der Waals surface area contributed by atoms with Crippen LogP contribution in [0, 0.1) is 81.1 Å². The molecule has 0 saturated carbocycles. The largest absolute Gasteiger partial charge is 0.417 e. The van der Waals surface area contributed by atoms with Gasteiger partial charge in [0.05, 0.1) is 35.4 Å². The second-order valence-electron chi connectivity index (χ2n) is 7.09. The SMILES string of the molecule is [C-]#[N+]C1=C([N+]#[C-])c2c(c(C(F)(F)F)c3c(c2C(F)(F)F)C(C#N)=C(C#N)C3=C(C#N)C#N)C1=C(C#N)C#N. The lowest BCUT2D eigenvalue weighted by molar-refractivity contribution is -0.141. The fourth-order valence-electron chi connectivity index (χ4n) is 4.24. The maximum absolute atomic E-state index is 14.7. The summed E-state index contributed by atoms with van der Waals surface area (Å²) in [6, 6.07) is 7.28. The Morgan fingerprint density at radius 1 is 0.553 bits per heavy atom. The van der Waals surface area contributed by atoms with Crippen molar-refractivity contribution in [3.63, 3.8) is 0 Å². The molecule has 0 aliphatic heterocycles. The van der Waals surface area contributed by atoms with Gasteiger partial charge >= 0.3 is 12.4 Å². The van der Waals surface area contributed by atoms with Gasteiger partial charge in [0.15, 0.2) is 0 Å². The van der Waals surface area contributed by atoms with E-state index < -0.39 is 90.6 Å². The van der Waals surface area contributed by atoms with E-state index >= 15 is 0 Å². The summed E-state index contributed by atoms with van der Waals surface area (Å²) in [5.41, 5.74) is -20.0. The van der Waals surface area contributed by atoms with E-state index in [0.717, 1.165) is 0 Å². The van der Waals surface area contributed by atoms with Gasteiger partial charge in [-0.2, -0.15) is 57.9 Å². The lowest BCUT2D eigenvalue weighted by atomic mass is 9.82. The molecule has 38 heavy (non-hydrogen) atoms. The van der Waals surface area contributed by atoms with Crippen molar-refractivity contribution < 1.29 is 26.3 Å². The fraction of sp³-hybridized carbons (Fsp3) is 0.0833. The van der Waals surface area contributed by atoms with E-state index in [1.807, 2.05) is 0 Å². The van der Waals surface area contributed by atoms with Crippen molar-refractivity contribution >= 4 is 22.4 Å². The van der Waals surface area contributed by atoms with E-state index in [2.05, 4.69) is 9.69 Å². The van der Waals surface area contributed by atoms with Gasteiger partial charge in [-0.25, -0.2) is 9.69 Å². The first-order chi connectivity index (χ1) is 17.8. The fourth-order valence-corrected chi connectivity index (χ4v) is 4.24. The summed E-state index contributed by atoms with van der Waals surface area (Å²) in [5, 5.41) is 56.6. The average molecular weight is 514 g/mol. The lowest BCUT2D eigenvalue weighted by Gasteiger charge is -2.25. The van der Waals surface area contributed by atoms with Crippen LogP contribution in [-0.2, 0) is 12.4 Å². The standard InChI is InChI=1S/C24F6N8/c1-37-21-14(10(5-33)6-34)17-18(22(21)38-2)19(23(25,26)27)15-12(8-36)11(7-35)13(9(3-31)4-32)16(15)20(17)24(28,29)30. The number of allylic oxidation sites excluding steroid dienone is 6. The molecule has 0 fully saturated rings. The topological polar surface area (TPSA) is 151 Å². The third-order valence-electron chi connectivity index (χ3n) is 5.41. The number of halogens is 6. The van der Waals surface area contributed by atoms with Crippen LogP contribution in [0.4, 0.5) is 26.3 Å². The van der Waals surface area contributed by atoms with Gasteiger partial charge in [-0.3, -0.25) is 0 Å². The van der Waals surface area contributed by atoms with Gasteiger partial charge in [0.1, 0.15) is 47.6 Å². The smallest absolute Gasteiger partial charge is 0.249 e. The summed E-state index contributed by atoms with van der Waals surface area (Å²) in [4.78, 5) is 5.63. The zero-order chi connectivity index (χ0) is 28.7. The normalized spacial score (nSPS) is 13.5. The lowest BCUT2D eigenvalue weighted by Crippen LogP contribution is -2.20. The predicted molar refractivity (Wildman–Crippen MR) is 111 cm³/mol. The molecular weight excluding hydrogens is 514 g/mol. The van der Waals surface area contributed by atoms with Gasteiger partial charge in [-0.15, -0.1) is 0 Å². The number of nitrogens with zero attached hydrogens (tertiary/aromatic N) is 8. The van der Waals surface area contributed by atoms with Crippen LogP contribution in [0.5, 0.6) is 0 Å². The number of alkyl halides is 6. The van der Waals surface area contributed by atoms with Crippen molar-refractivity contribution in [2.45, 2.75) is 12.4 Å². The van der Waals surface area contributed by atoms with Crippen LogP contribution in [0.2, 0.25) is 0 Å². The van der Waals surface area contributed by atoms with Crippen LogP contribution >= 0.6 is 0 Å². The molecule has 0 amide bonds. The summed E-state index contributed by atoms with van der Waals surface area (Å²) in [5.74, 6) is 0. The Bertz CT molecular complexity index is 1700. The van der Waals surface area contributed by atoms with Crippen molar-refractivity contribution in [1.29, 1.82) is 31.6 Å². The molecule has 14 heteroatoms. The Morgan fingerprint density at radius 3 is 1.32 bits per heavy atom. The third kappa shape index (κ3) is 3.33. The van der Waals surface area contributed by atoms with Crippen LogP contribution in [0.15, 0.2) is 22.4 Å². The molecule has 0 saturated heterocycles. The van der Waals surface area contributed by atoms with E-state index in [0.29, 0.717) is 0 Å². The Hall–Kier alpha value is -6.32. The maximum Gasteiger partial charge on any atom is 0.417 e. The second kappa shape index (κ2) is 8.72. The first-order valence-electron chi connectivity index (χ1n) is 9.37. The Kier molecular flexibility index (Phi) is 6.03. The van der Waals surface area contributed by atoms with Gasteiger partial charge < -0.3 is 0 Å². The molecule has 0 bridgehead atoms. The van der Waals surface area contributed by atoms with Crippen molar-refractivity contribution in [2.24, 2.45) is 0 Å². The first kappa shape index (κ1) is 26.3. The highest BCUT2D eigenvalue weighted by Crippen LogP contribution is 2.60. The molecule has 3 rings (SSSR count). The molecule has 0 heterocycles. The molecule has 1 aromatic rings. The molecule has 0 aromatic heterocycles. The molecule has 0 radical (unpaired) electrons. The second-order valence-corrected chi connectivity index (χ2v) is 7.09. The van der Waals surface area contributed by atoms with E-state index in [4.69, 9.17) is 13.1 Å². The molecule has 0 unspecified atom stereocenters. The van der Waals surface area contributed by atoms with Gasteiger partial charge in [0.2, 0.25) is 11.4 Å². The highest BCUT2D eigenvalue weighted by atomic mass is 19.4. The van der Waals surface area contributed by atoms with Crippen LogP contribution < -0.4 is 0 Å². The zero-order valence-electron chi connectivity index (χ0n) is 17.8. The summed E-state index contributed by atoms with van der Waals surface area (Å²) in [7, 11) is 0. The molecule has 178 valence electrons. The Balaban J connectivity index is 3.03. The van der Waals surface area contributed by atoms with Gasteiger partial charge in [0, 0.05) is 22.3 Å². The highest BCUT2D eigenvalue weighted by molar-refractivity contribution is 6.16. The summed E-state index contributed by atoms with van der Waals surface area (Å²) >= 11 is 0. The predicted octanol–water partition coefficient (Wildman–Crippen LogP) is 5.66. The molecule has 2 aliphatic rings. The van der Waals surface area contributed by atoms with Crippen LogP contribution in [0.3, 0.4) is 0 Å². The van der Waals surface area contributed by atoms with E-state index in [-0.39, 0.29) is 0 Å². The number of hydrogen-bond donors (Lipinski definition) is 0. The molecule has 8 nitrogen and oxygen atoms in total. The third-order valence-corrected chi connectivity index (χ3v) is 5.41. The minimum atomic E-state index is -5.68. The van der Waals surface area contributed by atoms with Crippen LogP contribution in [-0.4, -0.2) is 0 Å². The van der Waals surface area contributed by atoms with Gasteiger partial charge in [-0.05, 0) is 11.1 Å². The maximum atomic E-state index is 14.7.